The molecule has 4 nitrogen and oxygen atoms in total. The third-order valence-electron chi connectivity index (χ3n) is 4.13. The van der Waals surface area contributed by atoms with E-state index in [-0.39, 0.29) is 6.04 Å². The van der Waals surface area contributed by atoms with Crippen LogP contribution in [0.1, 0.15) is 31.5 Å². The number of rotatable bonds is 5. The molecule has 1 aliphatic rings. The van der Waals surface area contributed by atoms with Crippen molar-refractivity contribution >= 4 is 0 Å². The van der Waals surface area contributed by atoms with Crippen LogP contribution in [0.25, 0.3) is 11.1 Å². The van der Waals surface area contributed by atoms with Crippen LogP contribution in [0.4, 0.5) is 0 Å². The van der Waals surface area contributed by atoms with Gasteiger partial charge in [0.1, 0.15) is 18.1 Å². The van der Waals surface area contributed by atoms with Gasteiger partial charge in [0.25, 0.3) is 0 Å². The zero-order valence-electron chi connectivity index (χ0n) is 14.0. The van der Waals surface area contributed by atoms with Crippen molar-refractivity contribution < 1.29 is 9.47 Å². The Morgan fingerprint density at radius 3 is 2.87 bits per heavy atom. The van der Waals surface area contributed by atoms with Gasteiger partial charge in [0, 0.05) is 23.4 Å². The van der Waals surface area contributed by atoms with Crippen molar-refractivity contribution in [3.8, 4) is 22.6 Å². The van der Waals surface area contributed by atoms with Gasteiger partial charge in [0.2, 0.25) is 0 Å². The summed E-state index contributed by atoms with van der Waals surface area (Å²) in [7, 11) is 0. The molecule has 0 bridgehead atoms. The van der Waals surface area contributed by atoms with Crippen molar-refractivity contribution in [1.29, 1.82) is 0 Å². The summed E-state index contributed by atoms with van der Waals surface area (Å²) in [6.45, 7) is 7.40. The van der Waals surface area contributed by atoms with Gasteiger partial charge in [-0.15, -0.1) is 0 Å². The van der Waals surface area contributed by atoms with Gasteiger partial charge in [0.05, 0.1) is 12.3 Å². The molecule has 0 saturated heterocycles. The maximum Gasteiger partial charge on any atom is 0.148 e. The number of fused-ring (bicyclic) bond motifs is 3. The highest BCUT2D eigenvalue weighted by atomic mass is 16.5. The van der Waals surface area contributed by atoms with Crippen LogP contribution in [0, 0.1) is 12.8 Å². The number of hydrogen-bond acceptors (Lipinski definition) is 4. The van der Waals surface area contributed by atoms with Crippen molar-refractivity contribution in [2.45, 2.75) is 39.8 Å². The second kappa shape index (κ2) is 6.59. The Labute approximate surface area is 137 Å². The number of nitrogens with zero attached hydrogens (tertiary/aromatic N) is 1. The van der Waals surface area contributed by atoms with Crippen LogP contribution in [0.5, 0.6) is 11.5 Å². The van der Waals surface area contributed by atoms with Crippen LogP contribution in [-0.4, -0.2) is 17.6 Å². The topological polar surface area (TPSA) is 57.4 Å². The van der Waals surface area contributed by atoms with Crippen molar-refractivity contribution in [2.75, 3.05) is 6.61 Å². The van der Waals surface area contributed by atoms with E-state index in [2.05, 4.69) is 24.0 Å². The van der Waals surface area contributed by atoms with E-state index in [9.17, 15) is 0 Å². The van der Waals surface area contributed by atoms with Crippen LogP contribution in [-0.2, 0) is 6.61 Å². The minimum atomic E-state index is 0.207. The first kappa shape index (κ1) is 15.8. The summed E-state index contributed by atoms with van der Waals surface area (Å²) in [5.41, 5.74) is 10.2. The first-order valence-corrected chi connectivity index (χ1v) is 8.14. The first-order valence-electron chi connectivity index (χ1n) is 8.14. The number of hydrogen-bond donors (Lipinski definition) is 1. The zero-order valence-corrected chi connectivity index (χ0v) is 14.0. The SMILES string of the molecule is Cc1nccc2c1OCc1cc(OCC(C)CC(C)N)ccc1-2. The zero-order chi connectivity index (χ0) is 16.4. The molecule has 0 saturated carbocycles. The third-order valence-corrected chi connectivity index (χ3v) is 4.13. The number of ether oxygens (including phenoxy) is 2. The lowest BCUT2D eigenvalue weighted by atomic mass is 9.97. The Bertz CT molecular complexity index is 698. The minimum Gasteiger partial charge on any atom is -0.493 e. The molecule has 3 rings (SSSR count). The average molecular weight is 312 g/mol. The molecular weight excluding hydrogens is 288 g/mol. The molecule has 0 fully saturated rings. The van der Waals surface area contributed by atoms with Gasteiger partial charge >= 0.3 is 0 Å². The van der Waals surface area contributed by atoms with E-state index >= 15 is 0 Å². The monoisotopic (exact) mass is 312 g/mol. The highest BCUT2D eigenvalue weighted by Crippen LogP contribution is 2.39. The normalized spacial score (nSPS) is 15.1. The molecule has 1 aliphatic heterocycles. The molecule has 0 radical (unpaired) electrons. The molecule has 0 aliphatic carbocycles. The first-order chi connectivity index (χ1) is 11.0. The van der Waals surface area contributed by atoms with E-state index in [0.717, 1.165) is 34.7 Å². The van der Waals surface area contributed by atoms with Crippen molar-refractivity contribution in [2.24, 2.45) is 11.7 Å². The average Bonchev–Trinajstić information content (AvgIpc) is 2.52. The summed E-state index contributed by atoms with van der Waals surface area (Å²) in [6.07, 6.45) is 2.79. The standard InChI is InChI=1S/C19H24N2O2/c1-12(8-13(2)20)10-22-16-4-5-17-15(9-16)11-23-19-14(3)21-7-6-18(17)19/h4-7,9,12-13H,8,10-11,20H2,1-3H3. The fourth-order valence-electron chi connectivity index (χ4n) is 3.08. The van der Waals surface area contributed by atoms with Gasteiger partial charge in [-0.3, -0.25) is 4.98 Å². The molecule has 0 spiro atoms. The van der Waals surface area contributed by atoms with Crippen LogP contribution in [0.2, 0.25) is 0 Å². The van der Waals surface area contributed by atoms with Gasteiger partial charge in [-0.25, -0.2) is 0 Å². The van der Waals surface area contributed by atoms with Crippen molar-refractivity contribution in [1.82, 2.24) is 4.98 Å². The number of pyridine rings is 1. The fourth-order valence-corrected chi connectivity index (χ4v) is 3.08. The number of aromatic nitrogens is 1. The third kappa shape index (κ3) is 3.48. The maximum absolute atomic E-state index is 5.92. The highest BCUT2D eigenvalue weighted by molar-refractivity contribution is 5.76. The fraction of sp³-hybridized carbons (Fsp3) is 0.421. The van der Waals surface area contributed by atoms with Gasteiger partial charge in [-0.1, -0.05) is 13.0 Å². The second-order valence-electron chi connectivity index (χ2n) is 6.51. The summed E-state index contributed by atoms with van der Waals surface area (Å²) in [5.74, 6) is 2.22. The molecule has 1 aromatic carbocycles. The van der Waals surface area contributed by atoms with E-state index in [4.69, 9.17) is 15.2 Å². The molecule has 2 N–H and O–H groups in total. The molecule has 2 unspecified atom stereocenters. The Hall–Kier alpha value is -2.07. The van der Waals surface area contributed by atoms with Crippen LogP contribution in [0.15, 0.2) is 30.5 Å². The van der Waals surface area contributed by atoms with E-state index in [1.807, 2.05) is 32.2 Å². The van der Waals surface area contributed by atoms with Gasteiger partial charge in [-0.2, -0.15) is 0 Å². The minimum absolute atomic E-state index is 0.207. The molecule has 2 heterocycles. The molecule has 2 atom stereocenters. The molecular formula is C19H24N2O2. The van der Waals surface area contributed by atoms with Gasteiger partial charge < -0.3 is 15.2 Å². The Balaban J connectivity index is 1.76. The second-order valence-corrected chi connectivity index (χ2v) is 6.51. The number of nitrogens with two attached hydrogens (primary N) is 1. The lowest BCUT2D eigenvalue weighted by molar-refractivity contribution is 0.245. The maximum atomic E-state index is 5.92. The summed E-state index contributed by atoms with van der Waals surface area (Å²) >= 11 is 0. The highest BCUT2D eigenvalue weighted by Gasteiger charge is 2.20. The summed E-state index contributed by atoms with van der Waals surface area (Å²) in [4.78, 5) is 4.30. The molecule has 4 heteroatoms. The molecule has 122 valence electrons. The van der Waals surface area contributed by atoms with Gasteiger partial charge in [-0.05, 0) is 49.9 Å². The smallest absolute Gasteiger partial charge is 0.148 e. The van der Waals surface area contributed by atoms with Crippen molar-refractivity contribution in [3.63, 3.8) is 0 Å². The summed E-state index contributed by atoms with van der Waals surface area (Å²) in [6, 6.07) is 8.43. The van der Waals surface area contributed by atoms with E-state index < -0.39 is 0 Å². The van der Waals surface area contributed by atoms with Crippen LogP contribution < -0.4 is 15.2 Å². The van der Waals surface area contributed by atoms with E-state index in [0.29, 0.717) is 19.1 Å². The molecule has 0 amide bonds. The lowest BCUT2D eigenvalue weighted by Crippen LogP contribution is -2.21. The van der Waals surface area contributed by atoms with Gasteiger partial charge in [0.15, 0.2) is 0 Å². The van der Waals surface area contributed by atoms with Crippen LogP contribution in [0.3, 0.4) is 0 Å². The Morgan fingerprint density at radius 1 is 1.26 bits per heavy atom. The lowest BCUT2D eigenvalue weighted by Gasteiger charge is -2.22. The predicted octanol–water partition coefficient (Wildman–Crippen LogP) is 3.70. The Morgan fingerprint density at radius 2 is 2.09 bits per heavy atom. The van der Waals surface area contributed by atoms with E-state index in [1.54, 1.807) is 0 Å². The summed E-state index contributed by atoms with van der Waals surface area (Å²) < 4.78 is 11.8. The largest absolute Gasteiger partial charge is 0.493 e. The predicted molar refractivity (Wildman–Crippen MR) is 91.7 cm³/mol. The Kier molecular flexibility index (Phi) is 4.53. The number of benzene rings is 1. The molecule has 23 heavy (non-hydrogen) atoms. The van der Waals surface area contributed by atoms with Crippen molar-refractivity contribution in [3.05, 3.63) is 41.7 Å². The van der Waals surface area contributed by atoms with E-state index in [1.165, 1.54) is 5.56 Å². The molecule has 2 aromatic rings. The summed E-state index contributed by atoms with van der Waals surface area (Å²) in [5, 5.41) is 0. The quantitative estimate of drug-likeness (QED) is 0.914. The van der Waals surface area contributed by atoms with Crippen LogP contribution >= 0.6 is 0 Å². The molecule has 1 aromatic heterocycles. The number of aryl methyl sites for hydroxylation is 1.